The van der Waals surface area contributed by atoms with E-state index in [1.807, 2.05) is 61.5 Å². The Morgan fingerprint density at radius 3 is 2.03 bits per heavy atom. The molecule has 2 N–H and O–H groups in total. The number of aromatic nitrogens is 2. The summed E-state index contributed by atoms with van der Waals surface area (Å²) < 4.78 is 5.75. The lowest BCUT2D eigenvalue weighted by Gasteiger charge is -2.09. The van der Waals surface area contributed by atoms with Crippen LogP contribution < -0.4 is 15.4 Å². The summed E-state index contributed by atoms with van der Waals surface area (Å²) in [6, 6.07) is 24.6. The largest absolute Gasteiger partial charge is 0.457 e. The van der Waals surface area contributed by atoms with Crippen molar-refractivity contribution in [3.05, 3.63) is 102 Å². The van der Waals surface area contributed by atoms with Crippen LogP contribution in [0.15, 0.2) is 91.3 Å². The Labute approximate surface area is 174 Å². The Balaban J connectivity index is 1.35. The van der Waals surface area contributed by atoms with Gasteiger partial charge < -0.3 is 15.4 Å². The van der Waals surface area contributed by atoms with Gasteiger partial charge in [0.25, 0.3) is 5.91 Å². The van der Waals surface area contributed by atoms with E-state index in [9.17, 15) is 4.79 Å². The molecule has 1 amide bonds. The first kappa shape index (κ1) is 19.1. The molecule has 0 aliphatic heterocycles. The van der Waals surface area contributed by atoms with Gasteiger partial charge in [-0.25, -0.2) is 9.97 Å². The molecule has 0 fully saturated rings. The second-order valence-corrected chi connectivity index (χ2v) is 6.68. The van der Waals surface area contributed by atoms with Gasteiger partial charge in [-0.15, -0.1) is 0 Å². The Morgan fingerprint density at radius 1 is 0.767 bits per heavy atom. The van der Waals surface area contributed by atoms with E-state index in [4.69, 9.17) is 4.74 Å². The Hall–Kier alpha value is -4.19. The highest BCUT2D eigenvalue weighted by atomic mass is 16.5. The van der Waals surface area contributed by atoms with E-state index in [0.29, 0.717) is 22.9 Å². The molecule has 3 aromatic carbocycles. The smallest absolute Gasteiger partial charge is 0.258 e. The fourth-order valence-corrected chi connectivity index (χ4v) is 2.71. The van der Waals surface area contributed by atoms with Crippen LogP contribution in [-0.2, 0) is 0 Å². The summed E-state index contributed by atoms with van der Waals surface area (Å²) in [6.07, 6.45) is 2.98. The van der Waals surface area contributed by atoms with Gasteiger partial charge in [-0.1, -0.05) is 35.9 Å². The highest BCUT2D eigenvalue weighted by molar-refractivity contribution is 6.03. The normalized spacial score (nSPS) is 10.3. The highest BCUT2D eigenvalue weighted by Gasteiger charge is 2.08. The van der Waals surface area contributed by atoms with E-state index >= 15 is 0 Å². The van der Waals surface area contributed by atoms with Crippen LogP contribution in [0.2, 0.25) is 0 Å². The molecular weight excluding hydrogens is 376 g/mol. The van der Waals surface area contributed by atoms with E-state index in [1.165, 1.54) is 18.0 Å². The molecule has 30 heavy (non-hydrogen) atoms. The summed E-state index contributed by atoms with van der Waals surface area (Å²) in [6.45, 7) is 2.03. The number of ether oxygens (including phenoxy) is 1. The zero-order chi connectivity index (χ0) is 20.8. The number of para-hydroxylation sites is 1. The van der Waals surface area contributed by atoms with E-state index in [2.05, 4.69) is 20.6 Å². The van der Waals surface area contributed by atoms with Gasteiger partial charge in [0.15, 0.2) is 0 Å². The lowest BCUT2D eigenvalue weighted by Crippen LogP contribution is -2.13. The maximum atomic E-state index is 12.5. The standard InChI is InChI=1S/C24H20N4O2/c1-17-7-9-20(10-8-17)28-24-25-15-18(16-26-24)23(29)27-19-11-13-22(14-12-19)30-21-5-3-2-4-6-21/h2-16H,1H3,(H,27,29)(H,25,26,28). The number of anilines is 3. The Bertz CT molecular complexity index is 1110. The highest BCUT2D eigenvalue weighted by Crippen LogP contribution is 2.23. The lowest BCUT2D eigenvalue weighted by molar-refractivity contribution is 0.102. The number of nitrogens with one attached hydrogen (secondary N) is 2. The van der Waals surface area contributed by atoms with Crippen molar-refractivity contribution in [3.8, 4) is 11.5 Å². The molecule has 4 aromatic rings. The average molecular weight is 396 g/mol. The quantitative estimate of drug-likeness (QED) is 0.445. The van der Waals surface area contributed by atoms with E-state index in [1.54, 1.807) is 24.3 Å². The maximum absolute atomic E-state index is 12.5. The molecule has 0 aliphatic carbocycles. The van der Waals surface area contributed by atoms with Gasteiger partial charge in [0, 0.05) is 23.8 Å². The van der Waals surface area contributed by atoms with Gasteiger partial charge in [0.2, 0.25) is 5.95 Å². The minimum Gasteiger partial charge on any atom is -0.457 e. The molecule has 0 atom stereocenters. The number of hydrogen-bond acceptors (Lipinski definition) is 5. The number of amides is 1. The number of benzene rings is 3. The molecule has 0 saturated heterocycles. The first-order chi connectivity index (χ1) is 14.7. The molecule has 1 aromatic heterocycles. The number of nitrogens with zero attached hydrogens (tertiary/aromatic N) is 2. The van der Waals surface area contributed by atoms with Crippen molar-refractivity contribution < 1.29 is 9.53 Å². The van der Waals surface area contributed by atoms with Crippen LogP contribution in [0.5, 0.6) is 11.5 Å². The molecule has 1 heterocycles. The van der Waals surface area contributed by atoms with Gasteiger partial charge in [-0.05, 0) is 55.5 Å². The van der Waals surface area contributed by atoms with Crippen molar-refractivity contribution in [2.45, 2.75) is 6.92 Å². The third-order valence-corrected chi connectivity index (χ3v) is 4.31. The molecule has 4 rings (SSSR count). The second-order valence-electron chi connectivity index (χ2n) is 6.68. The zero-order valence-electron chi connectivity index (χ0n) is 16.4. The summed E-state index contributed by atoms with van der Waals surface area (Å²) in [7, 11) is 0. The fourth-order valence-electron chi connectivity index (χ4n) is 2.71. The van der Waals surface area contributed by atoms with Crippen molar-refractivity contribution >= 4 is 23.2 Å². The average Bonchev–Trinajstić information content (AvgIpc) is 2.78. The van der Waals surface area contributed by atoms with E-state index in [0.717, 1.165) is 11.4 Å². The molecular formula is C24H20N4O2. The monoisotopic (exact) mass is 396 g/mol. The predicted octanol–water partition coefficient (Wildman–Crippen LogP) is 5.57. The Kier molecular flexibility index (Phi) is 5.66. The summed E-state index contributed by atoms with van der Waals surface area (Å²) in [5, 5.41) is 5.94. The molecule has 0 unspecified atom stereocenters. The predicted molar refractivity (Wildman–Crippen MR) is 117 cm³/mol. The summed E-state index contributed by atoms with van der Waals surface area (Å²) >= 11 is 0. The van der Waals surface area contributed by atoms with Crippen molar-refractivity contribution in [2.75, 3.05) is 10.6 Å². The minimum atomic E-state index is -0.284. The first-order valence-electron chi connectivity index (χ1n) is 9.46. The zero-order valence-corrected chi connectivity index (χ0v) is 16.4. The lowest BCUT2D eigenvalue weighted by atomic mass is 10.2. The molecule has 6 heteroatoms. The molecule has 6 nitrogen and oxygen atoms in total. The van der Waals surface area contributed by atoms with Crippen LogP contribution in [-0.4, -0.2) is 15.9 Å². The van der Waals surface area contributed by atoms with Crippen molar-refractivity contribution in [3.63, 3.8) is 0 Å². The van der Waals surface area contributed by atoms with Crippen LogP contribution in [0, 0.1) is 6.92 Å². The molecule has 148 valence electrons. The van der Waals surface area contributed by atoms with Crippen molar-refractivity contribution in [1.82, 2.24) is 9.97 Å². The summed E-state index contributed by atoms with van der Waals surface area (Å²) in [4.78, 5) is 20.9. The van der Waals surface area contributed by atoms with Gasteiger partial charge in [-0.3, -0.25) is 4.79 Å². The van der Waals surface area contributed by atoms with Gasteiger partial charge in [-0.2, -0.15) is 0 Å². The second kappa shape index (κ2) is 8.87. The molecule has 0 aliphatic rings. The third kappa shape index (κ3) is 4.99. The van der Waals surface area contributed by atoms with E-state index in [-0.39, 0.29) is 5.91 Å². The van der Waals surface area contributed by atoms with Gasteiger partial charge in [0.1, 0.15) is 11.5 Å². The van der Waals surface area contributed by atoms with Gasteiger partial charge in [0.05, 0.1) is 5.56 Å². The molecule has 0 bridgehead atoms. The first-order valence-corrected chi connectivity index (χ1v) is 9.46. The maximum Gasteiger partial charge on any atom is 0.258 e. The number of carbonyl (C=O) groups excluding carboxylic acids is 1. The van der Waals surface area contributed by atoms with Gasteiger partial charge >= 0.3 is 0 Å². The fraction of sp³-hybridized carbons (Fsp3) is 0.0417. The Morgan fingerprint density at radius 2 is 1.37 bits per heavy atom. The van der Waals surface area contributed by atoms with Crippen molar-refractivity contribution in [1.29, 1.82) is 0 Å². The minimum absolute atomic E-state index is 0.284. The SMILES string of the molecule is Cc1ccc(Nc2ncc(C(=O)Nc3ccc(Oc4ccccc4)cc3)cn2)cc1. The number of hydrogen-bond donors (Lipinski definition) is 2. The van der Waals surface area contributed by atoms with Crippen LogP contribution in [0.25, 0.3) is 0 Å². The number of rotatable bonds is 6. The summed E-state index contributed by atoms with van der Waals surface area (Å²) in [5.74, 6) is 1.59. The van der Waals surface area contributed by atoms with E-state index < -0.39 is 0 Å². The number of carbonyl (C=O) groups is 1. The summed E-state index contributed by atoms with van der Waals surface area (Å²) in [5.41, 5.74) is 3.08. The molecule has 0 spiro atoms. The van der Waals surface area contributed by atoms with Crippen LogP contribution in [0.4, 0.5) is 17.3 Å². The van der Waals surface area contributed by atoms with Crippen molar-refractivity contribution in [2.24, 2.45) is 0 Å². The topological polar surface area (TPSA) is 76.1 Å². The number of aryl methyl sites for hydroxylation is 1. The molecule has 0 radical (unpaired) electrons. The third-order valence-electron chi connectivity index (χ3n) is 4.31. The van der Waals surface area contributed by atoms with Crippen LogP contribution in [0.3, 0.4) is 0 Å². The van der Waals surface area contributed by atoms with Crippen LogP contribution in [0.1, 0.15) is 15.9 Å². The van der Waals surface area contributed by atoms with Crippen LogP contribution >= 0.6 is 0 Å². The molecule has 0 saturated carbocycles.